The van der Waals surface area contributed by atoms with E-state index in [0.29, 0.717) is 12.1 Å². The average Bonchev–Trinajstić information content (AvgIpc) is 2.29. The van der Waals surface area contributed by atoms with Gasteiger partial charge in [-0.3, -0.25) is 4.90 Å². The van der Waals surface area contributed by atoms with Gasteiger partial charge in [0.25, 0.3) is 0 Å². The predicted octanol–water partition coefficient (Wildman–Crippen LogP) is 0.332. The Balaban J connectivity index is 2.31. The predicted molar refractivity (Wildman–Crippen MR) is 61.2 cm³/mol. The lowest BCUT2D eigenvalue weighted by Gasteiger charge is -2.37. The molecule has 0 aromatic carbocycles. The molecule has 0 amide bonds. The van der Waals surface area contributed by atoms with Gasteiger partial charge in [0.15, 0.2) is 0 Å². The van der Waals surface area contributed by atoms with Crippen molar-refractivity contribution in [2.45, 2.75) is 25.4 Å². The van der Waals surface area contributed by atoms with Crippen molar-refractivity contribution in [3.8, 4) is 0 Å². The number of hydrogen-bond acceptors (Lipinski definition) is 4. The minimum absolute atomic E-state index is 0.476. The van der Waals surface area contributed by atoms with Crippen molar-refractivity contribution in [1.82, 2.24) is 10.2 Å². The van der Waals surface area contributed by atoms with E-state index < -0.39 is 0 Å². The maximum atomic E-state index is 5.52. The van der Waals surface area contributed by atoms with E-state index in [0.717, 1.165) is 39.4 Å². The van der Waals surface area contributed by atoms with Gasteiger partial charge in [-0.2, -0.15) is 0 Å². The molecule has 2 atom stereocenters. The Hall–Kier alpha value is -0.160. The molecule has 2 unspecified atom stereocenters. The second kappa shape index (κ2) is 7.17. The highest BCUT2D eigenvalue weighted by Crippen LogP contribution is 2.12. The number of nitrogens with zero attached hydrogens (tertiary/aromatic N) is 1. The van der Waals surface area contributed by atoms with Crippen LogP contribution in [0.15, 0.2) is 0 Å². The summed E-state index contributed by atoms with van der Waals surface area (Å²) >= 11 is 0. The standard InChI is InChI=1S/C11H24N2O2/c1-4-14-8-6-13(3)11-9-15-7-5-10(11)12-2/h10-12H,4-9H2,1-3H3. The molecule has 1 rings (SSSR count). The van der Waals surface area contributed by atoms with E-state index in [1.165, 1.54) is 0 Å². The van der Waals surface area contributed by atoms with E-state index in [2.05, 4.69) is 17.3 Å². The van der Waals surface area contributed by atoms with E-state index in [-0.39, 0.29) is 0 Å². The zero-order valence-corrected chi connectivity index (χ0v) is 10.2. The Morgan fingerprint density at radius 2 is 2.33 bits per heavy atom. The smallest absolute Gasteiger partial charge is 0.0636 e. The highest BCUT2D eigenvalue weighted by molar-refractivity contribution is 4.85. The molecular weight excluding hydrogens is 192 g/mol. The minimum Gasteiger partial charge on any atom is -0.380 e. The van der Waals surface area contributed by atoms with Crippen LogP contribution in [0.3, 0.4) is 0 Å². The normalized spacial score (nSPS) is 27.2. The van der Waals surface area contributed by atoms with E-state index >= 15 is 0 Å². The fourth-order valence-electron chi connectivity index (χ4n) is 2.01. The van der Waals surface area contributed by atoms with Crippen LogP contribution in [-0.2, 0) is 9.47 Å². The summed E-state index contributed by atoms with van der Waals surface area (Å²) in [6.45, 7) is 6.31. The molecule has 0 aromatic rings. The minimum atomic E-state index is 0.476. The van der Waals surface area contributed by atoms with Gasteiger partial charge in [-0.1, -0.05) is 0 Å². The molecule has 15 heavy (non-hydrogen) atoms. The first kappa shape index (κ1) is 12.9. The molecule has 0 spiro atoms. The fourth-order valence-corrected chi connectivity index (χ4v) is 2.01. The summed E-state index contributed by atoms with van der Waals surface area (Å²) in [4.78, 5) is 2.33. The molecule has 1 saturated heterocycles. The van der Waals surface area contributed by atoms with Crippen LogP contribution in [0.25, 0.3) is 0 Å². The van der Waals surface area contributed by atoms with E-state index in [1.807, 2.05) is 14.0 Å². The van der Waals surface area contributed by atoms with Crippen molar-refractivity contribution in [1.29, 1.82) is 0 Å². The fraction of sp³-hybridized carbons (Fsp3) is 1.00. The van der Waals surface area contributed by atoms with Crippen LogP contribution in [0, 0.1) is 0 Å². The molecule has 1 aliphatic heterocycles. The van der Waals surface area contributed by atoms with Gasteiger partial charge >= 0.3 is 0 Å². The Kier molecular flexibility index (Phi) is 6.17. The topological polar surface area (TPSA) is 33.7 Å². The molecule has 4 heteroatoms. The molecule has 1 fully saturated rings. The molecular formula is C11H24N2O2. The average molecular weight is 216 g/mol. The van der Waals surface area contributed by atoms with Gasteiger partial charge in [-0.05, 0) is 27.4 Å². The van der Waals surface area contributed by atoms with Crippen LogP contribution in [0.1, 0.15) is 13.3 Å². The molecule has 0 radical (unpaired) electrons. The molecule has 0 aromatic heterocycles. The lowest BCUT2D eigenvalue weighted by molar-refractivity contribution is -0.00123. The van der Waals surface area contributed by atoms with Crippen LogP contribution >= 0.6 is 0 Å². The molecule has 0 aliphatic carbocycles. The molecule has 0 saturated carbocycles. The first-order chi connectivity index (χ1) is 7.29. The van der Waals surface area contributed by atoms with Crippen molar-refractivity contribution in [3.63, 3.8) is 0 Å². The Bertz CT molecular complexity index is 167. The second-order valence-electron chi connectivity index (χ2n) is 4.00. The third-order valence-electron chi connectivity index (χ3n) is 3.06. The zero-order chi connectivity index (χ0) is 11.1. The first-order valence-electron chi connectivity index (χ1n) is 5.82. The molecule has 1 heterocycles. The van der Waals surface area contributed by atoms with Gasteiger partial charge < -0.3 is 14.8 Å². The quantitative estimate of drug-likeness (QED) is 0.649. The Morgan fingerprint density at radius 3 is 3.00 bits per heavy atom. The monoisotopic (exact) mass is 216 g/mol. The molecule has 90 valence electrons. The first-order valence-corrected chi connectivity index (χ1v) is 5.82. The number of hydrogen-bond donors (Lipinski definition) is 1. The highest BCUT2D eigenvalue weighted by atomic mass is 16.5. The number of rotatable bonds is 6. The van der Waals surface area contributed by atoms with Crippen molar-refractivity contribution < 1.29 is 9.47 Å². The van der Waals surface area contributed by atoms with Gasteiger partial charge in [-0.15, -0.1) is 0 Å². The van der Waals surface area contributed by atoms with Gasteiger partial charge in [0.2, 0.25) is 0 Å². The number of likely N-dealkylation sites (N-methyl/N-ethyl adjacent to an activating group) is 2. The van der Waals surface area contributed by atoms with Crippen LogP contribution < -0.4 is 5.32 Å². The second-order valence-corrected chi connectivity index (χ2v) is 4.00. The largest absolute Gasteiger partial charge is 0.380 e. The van der Waals surface area contributed by atoms with Gasteiger partial charge in [0.1, 0.15) is 0 Å². The molecule has 1 N–H and O–H groups in total. The van der Waals surface area contributed by atoms with Crippen molar-refractivity contribution in [2.24, 2.45) is 0 Å². The van der Waals surface area contributed by atoms with Crippen molar-refractivity contribution in [3.05, 3.63) is 0 Å². The lowest BCUT2D eigenvalue weighted by Crippen LogP contribution is -2.53. The summed E-state index contributed by atoms with van der Waals surface area (Å²) in [5, 5.41) is 3.36. The van der Waals surface area contributed by atoms with E-state index in [1.54, 1.807) is 0 Å². The summed E-state index contributed by atoms with van der Waals surface area (Å²) in [5.74, 6) is 0. The Labute approximate surface area is 92.9 Å². The summed E-state index contributed by atoms with van der Waals surface area (Å²) in [5.41, 5.74) is 0. The summed E-state index contributed by atoms with van der Waals surface area (Å²) in [6, 6.07) is 1.02. The maximum absolute atomic E-state index is 5.52. The maximum Gasteiger partial charge on any atom is 0.0636 e. The van der Waals surface area contributed by atoms with Crippen molar-refractivity contribution >= 4 is 0 Å². The Morgan fingerprint density at radius 1 is 1.53 bits per heavy atom. The van der Waals surface area contributed by atoms with Crippen molar-refractivity contribution in [2.75, 3.05) is 47.1 Å². The van der Waals surface area contributed by atoms with Gasteiger partial charge in [0, 0.05) is 31.8 Å². The SMILES string of the molecule is CCOCCN(C)C1COCCC1NC. The molecule has 0 bridgehead atoms. The van der Waals surface area contributed by atoms with Crippen LogP contribution in [0.4, 0.5) is 0 Å². The summed E-state index contributed by atoms with van der Waals surface area (Å²) in [7, 11) is 4.17. The molecule has 1 aliphatic rings. The van der Waals surface area contributed by atoms with Crippen LogP contribution in [-0.4, -0.2) is 64.1 Å². The van der Waals surface area contributed by atoms with Gasteiger partial charge in [-0.25, -0.2) is 0 Å². The highest BCUT2D eigenvalue weighted by Gasteiger charge is 2.27. The van der Waals surface area contributed by atoms with Gasteiger partial charge in [0.05, 0.1) is 13.2 Å². The van der Waals surface area contributed by atoms with Crippen LogP contribution in [0.5, 0.6) is 0 Å². The third kappa shape index (κ3) is 4.07. The molecule has 4 nitrogen and oxygen atoms in total. The summed E-state index contributed by atoms with van der Waals surface area (Å²) in [6.07, 6.45) is 1.10. The number of nitrogens with one attached hydrogen (secondary N) is 1. The summed E-state index contributed by atoms with van der Waals surface area (Å²) < 4.78 is 10.9. The van der Waals surface area contributed by atoms with E-state index in [9.17, 15) is 0 Å². The zero-order valence-electron chi connectivity index (χ0n) is 10.2. The number of ether oxygens (including phenoxy) is 2. The van der Waals surface area contributed by atoms with Crippen LogP contribution in [0.2, 0.25) is 0 Å². The van der Waals surface area contributed by atoms with E-state index in [4.69, 9.17) is 9.47 Å². The third-order valence-corrected chi connectivity index (χ3v) is 3.06. The lowest BCUT2D eigenvalue weighted by atomic mass is 10.0.